The summed E-state index contributed by atoms with van der Waals surface area (Å²) in [6.07, 6.45) is 2.35. The van der Waals surface area contributed by atoms with Crippen molar-refractivity contribution in [2.45, 2.75) is 32.5 Å². The Hall–Kier alpha value is -4.12. The standard InChI is InChI=1S/C34H36N4O3/c1-25-30-9-2-3-10-31(30)41-33(25)34(39)38-19-17-36(18-20-38)23-32(40-24-27-13-11-26(22-35)12-14-27)28-7-6-8-29(21-28)37-15-4-5-16-37/h2-3,6-14,21,32H,4-5,15-20,23-24H2,1H3/t32-/m0/s1. The van der Waals surface area contributed by atoms with Gasteiger partial charge >= 0.3 is 0 Å². The highest BCUT2D eigenvalue weighted by Crippen LogP contribution is 2.29. The lowest BCUT2D eigenvalue weighted by Crippen LogP contribution is -2.49. The molecular weight excluding hydrogens is 512 g/mol. The summed E-state index contributed by atoms with van der Waals surface area (Å²) in [5.41, 5.74) is 5.77. The van der Waals surface area contributed by atoms with Gasteiger partial charge in [0.15, 0.2) is 5.76 Å². The SMILES string of the molecule is Cc1c(C(=O)N2CCN(C[C@H](OCc3ccc(C#N)cc3)c3cccc(N4CCCC4)c3)CC2)oc2ccccc12. The molecule has 3 heterocycles. The number of nitrogens with zero attached hydrogens (tertiary/aromatic N) is 4. The number of ether oxygens (including phenoxy) is 1. The summed E-state index contributed by atoms with van der Waals surface area (Å²) in [7, 11) is 0. The number of fused-ring (bicyclic) bond motifs is 1. The largest absolute Gasteiger partial charge is 0.451 e. The monoisotopic (exact) mass is 548 g/mol. The summed E-state index contributed by atoms with van der Waals surface area (Å²) in [6, 6.07) is 26.3. The highest BCUT2D eigenvalue weighted by molar-refractivity contribution is 5.99. The summed E-state index contributed by atoms with van der Waals surface area (Å²) < 4.78 is 12.5. The third-order valence-corrected chi connectivity index (χ3v) is 8.37. The predicted molar refractivity (Wildman–Crippen MR) is 160 cm³/mol. The highest BCUT2D eigenvalue weighted by atomic mass is 16.5. The molecule has 0 radical (unpaired) electrons. The Balaban J connectivity index is 1.14. The van der Waals surface area contributed by atoms with Crippen molar-refractivity contribution in [2.75, 3.05) is 50.7 Å². The van der Waals surface area contributed by atoms with Gasteiger partial charge in [-0.1, -0.05) is 42.5 Å². The minimum Gasteiger partial charge on any atom is -0.451 e. The number of amides is 1. The maximum absolute atomic E-state index is 13.4. The van der Waals surface area contributed by atoms with Crippen LogP contribution >= 0.6 is 0 Å². The predicted octanol–water partition coefficient (Wildman–Crippen LogP) is 5.93. The van der Waals surface area contributed by atoms with E-state index in [4.69, 9.17) is 14.4 Å². The first-order valence-corrected chi connectivity index (χ1v) is 14.5. The first-order valence-electron chi connectivity index (χ1n) is 14.5. The molecule has 3 aromatic carbocycles. The van der Waals surface area contributed by atoms with Crippen LogP contribution in [0.25, 0.3) is 11.0 Å². The molecular formula is C34H36N4O3. The quantitative estimate of drug-likeness (QED) is 0.272. The lowest BCUT2D eigenvalue weighted by molar-refractivity contribution is 0.00313. The molecule has 41 heavy (non-hydrogen) atoms. The molecule has 210 valence electrons. The molecule has 0 spiro atoms. The van der Waals surface area contributed by atoms with E-state index >= 15 is 0 Å². The molecule has 0 saturated carbocycles. The molecule has 1 aromatic heterocycles. The molecule has 6 rings (SSSR count). The van der Waals surface area contributed by atoms with Crippen molar-refractivity contribution >= 4 is 22.6 Å². The summed E-state index contributed by atoms with van der Waals surface area (Å²) in [5.74, 6) is 0.410. The molecule has 0 bridgehead atoms. The highest BCUT2D eigenvalue weighted by Gasteiger charge is 2.28. The van der Waals surface area contributed by atoms with Crippen LogP contribution in [0.2, 0.25) is 0 Å². The third-order valence-electron chi connectivity index (χ3n) is 8.37. The smallest absolute Gasteiger partial charge is 0.289 e. The van der Waals surface area contributed by atoms with Crippen LogP contribution in [0.1, 0.15) is 51.8 Å². The van der Waals surface area contributed by atoms with Gasteiger partial charge < -0.3 is 19.0 Å². The second-order valence-corrected chi connectivity index (χ2v) is 11.0. The summed E-state index contributed by atoms with van der Waals surface area (Å²) in [5, 5.41) is 10.1. The number of para-hydroxylation sites is 1. The second kappa shape index (κ2) is 12.2. The van der Waals surface area contributed by atoms with Gasteiger partial charge in [-0.2, -0.15) is 5.26 Å². The number of hydrogen-bond acceptors (Lipinski definition) is 6. The number of hydrogen-bond donors (Lipinski definition) is 0. The number of nitriles is 1. The minimum atomic E-state index is -0.118. The Morgan fingerprint density at radius 2 is 1.71 bits per heavy atom. The third kappa shape index (κ3) is 6.00. The van der Waals surface area contributed by atoms with Crippen molar-refractivity contribution in [1.82, 2.24) is 9.80 Å². The molecule has 2 saturated heterocycles. The van der Waals surface area contributed by atoms with Gasteiger partial charge in [0.2, 0.25) is 0 Å². The van der Waals surface area contributed by atoms with Gasteiger partial charge in [0.25, 0.3) is 5.91 Å². The second-order valence-electron chi connectivity index (χ2n) is 11.0. The van der Waals surface area contributed by atoms with Crippen LogP contribution in [-0.2, 0) is 11.3 Å². The van der Waals surface area contributed by atoms with Crippen molar-refractivity contribution in [3.63, 3.8) is 0 Å². The number of furan rings is 1. The van der Waals surface area contributed by atoms with Gasteiger partial charge in [-0.3, -0.25) is 9.69 Å². The van der Waals surface area contributed by atoms with Crippen LogP contribution in [0.3, 0.4) is 0 Å². The van der Waals surface area contributed by atoms with E-state index in [2.05, 4.69) is 40.1 Å². The first kappa shape index (κ1) is 27.1. The topological polar surface area (TPSA) is 73.0 Å². The van der Waals surface area contributed by atoms with Crippen LogP contribution in [0.15, 0.2) is 77.2 Å². The van der Waals surface area contributed by atoms with Crippen molar-refractivity contribution in [3.8, 4) is 6.07 Å². The zero-order valence-corrected chi connectivity index (χ0v) is 23.6. The Labute approximate surface area is 241 Å². The van der Waals surface area contributed by atoms with Gasteiger partial charge in [-0.05, 0) is 61.2 Å². The zero-order valence-electron chi connectivity index (χ0n) is 23.6. The fourth-order valence-electron chi connectivity index (χ4n) is 5.91. The van der Waals surface area contributed by atoms with E-state index in [-0.39, 0.29) is 12.0 Å². The van der Waals surface area contributed by atoms with E-state index in [0.29, 0.717) is 31.0 Å². The normalized spacial score (nSPS) is 16.7. The minimum absolute atomic E-state index is 0.0368. The molecule has 0 unspecified atom stereocenters. The fraction of sp³-hybridized carbons (Fsp3) is 0.353. The van der Waals surface area contributed by atoms with Crippen LogP contribution in [0, 0.1) is 18.3 Å². The molecule has 0 aliphatic carbocycles. The lowest BCUT2D eigenvalue weighted by Gasteiger charge is -2.36. The molecule has 2 aliphatic rings. The fourth-order valence-corrected chi connectivity index (χ4v) is 5.91. The average molecular weight is 549 g/mol. The molecule has 7 nitrogen and oxygen atoms in total. The Bertz CT molecular complexity index is 1540. The van der Waals surface area contributed by atoms with Crippen LogP contribution in [0.4, 0.5) is 5.69 Å². The van der Waals surface area contributed by atoms with Gasteiger partial charge in [-0.25, -0.2) is 0 Å². The average Bonchev–Trinajstić information content (AvgIpc) is 3.68. The number of benzene rings is 3. The number of carbonyl (C=O) groups excluding carboxylic acids is 1. The van der Waals surface area contributed by atoms with Crippen molar-refractivity contribution in [1.29, 1.82) is 5.26 Å². The maximum Gasteiger partial charge on any atom is 0.289 e. The van der Waals surface area contributed by atoms with E-state index in [9.17, 15) is 4.79 Å². The summed E-state index contributed by atoms with van der Waals surface area (Å²) in [6.45, 7) is 8.20. The van der Waals surface area contributed by atoms with E-state index in [1.807, 2.05) is 60.4 Å². The maximum atomic E-state index is 13.4. The van der Waals surface area contributed by atoms with Gasteiger partial charge in [0, 0.05) is 62.5 Å². The first-order chi connectivity index (χ1) is 20.1. The van der Waals surface area contributed by atoms with Gasteiger partial charge in [-0.15, -0.1) is 0 Å². The van der Waals surface area contributed by atoms with E-state index in [1.54, 1.807) is 0 Å². The van der Waals surface area contributed by atoms with Crippen molar-refractivity contribution in [3.05, 3.63) is 101 Å². The zero-order chi connectivity index (χ0) is 28.2. The van der Waals surface area contributed by atoms with Crippen LogP contribution in [-0.4, -0.2) is 61.5 Å². The number of anilines is 1. The Morgan fingerprint density at radius 3 is 2.44 bits per heavy atom. The van der Waals surface area contributed by atoms with E-state index in [1.165, 1.54) is 24.1 Å². The molecule has 0 N–H and O–H groups in total. The van der Waals surface area contributed by atoms with Crippen molar-refractivity contribution < 1.29 is 13.9 Å². The number of carbonyl (C=O) groups is 1. The van der Waals surface area contributed by atoms with E-state index in [0.717, 1.165) is 54.8 Å². The molecule has 1 amide bonds. The number of rotatable bonds is 8. The molecule has 2 aliphatic heterocycles. The summed E-state index contributed by atoms with van der Waals surface area (Å²) in [4.78, 5) is 20.1. The van der Waals surface area contributed by atoms with Gasteiger partial charge in [0.05, 0.1) is 24.3 Å². The molecule has 7 heteroatoms. The lowest BCUT2D eigenvalue weighted by atomic mass is 10.1. The molecule has 1 atom stereocenters. The summed E-state index contributed by atoms with van der Waals surface area (Å²) >= 11 is 0. The Morgan fingerprint density at radius 1 is 0.951 bits per heavy atom. The molecule has 2 fully saturated rings. The Kier molecular flexibility index (Phi) is 8.04. The molecule has 4 aromatic rings. The number of aryl methyl sites for hydroxylation is 1. The van der Waals surface area contributed by atoms with Crippen LogP contribution in [0.5, 0.6) is 0 Å². The van der Waals surface area contributed by atoms with Crippen molar-refractivity contribution in [2.24, 2.45) is 0 Å². The van der Waals surface area contributed by atoms with Crippen LogP contribution < -0.4 is 4.90 Å². The number of piperazine rings is 1. The van der Waals surface area contributed by atoms with E-state index < -0.39 is 0 Å². The van der Waals surface area contributed by atoms with Gasteiger partial charge in [0.1, 0.15) is 5.58 Å².